The van der Waals surface area contributed by atoms with E-state index in [0.29, 0.717) is 19.2 Å². The Labute approximate surface area is 126 Å². The van der Waals surface area contributed by atoms with Crippen molar-refractivity contribution >= 4 is 11.9 Å². The van der Waals surface area contributed by atoms with Crippen molar-refractivity contribution in [3.05, 3.63) is 0 Å². The van der Waals surface area contributed by atoms with Crippen LogP contribution in [0.4, 0.5) is 4.79 Å². The van der Waals surface area contributed by atoms with Gasteiger partial charge in [0.15, 0.2) is 0 Å². The summed E-state index contributed by atoms with van der Waals surface area (Å²) in [6.45, 7) is 5.77. The summed E-state index contributed by atoms with van der Waals surface area (Å²) in [5.41, 5.74) is 0. The first-order chi connectivity index (χ1) is 10.1. The Hall–Kier alpha value is -1.34. The molecule has 1 unspecified atom stereocenters. The first-order valence-corrected chi connectivity index (χ1v) is 7.66. The lowest BCUT2D eigenvalue weighted by Gasteiger charge is -2.31. The van der Waals surface area contributed by atoms with E-state index in [-0.39, 0.29) is 24.5 Å². The summed E-state index contributed by atoms with van der Waals surface area (Å²) in [4.78, 5) is 27.9. The minimum absolute atomic E-state index is 0.00329. The topological polar surface area (TPSA) is 73.9 Å². The number of urea groups is 1. The van der Waals surface area contributed by atoms with E-state index in [0.717, 1.165) is 32.5 Å². The van der Waals surface area contributed by atoms with Crippen LogP contribution in [0.1, 0.15) is 19.8 Å². The highest BCUT2D eigenvalue weighted by Crippen LogP contribution is 2.18. The third-order valence-corrected chi connectivity index (χ3v) is 4.04. The molecule has 1 atom stereocenters. The van der Waals surface area contributed by atoms with E-state index in [1.54, 1.807) is 12.0 Å². The lowest BCUT2D eigenvalue weighted by molar-refractivity contribution is -0.122. The predicted molar refractivity (Wildman–Crippen MR) is 79.0 cm³/mol. The Morgan fingerprint density at radius 1 is 1.43 bits per heavy atom. The molecule has 0 spiro atoms. The number of piperidine rings is 1. The fraction of sp³-hybridized carbons (Fsp3) is 0.857. The largest absolute Gasteiger partial charge is 0.383 e. The van der Waals surface area contributed by atoms with Crippen LogP contribution in [0.15, 0.2) is 0 Å². The molecule has 2 fully saturated rings. The van der Waals surface area contributed by atoms with Crippen molar-refractivity contribution in [2.45, 2.75) is 31.8 Å². The number of methoxy groups -OCH3 is 1. The number of hydrogen-bond acceptors (Lipinski definition) is 4. The summed E-state index contributed by atoms with van der Waals surface area (Å²) in [6, 6.07) is 0.274. The maximum atomic E-state index is 12.4. The summed E-state index contributed by atoms with van der Waals surface area (Å²) < 4.78 is 4.98. The Morgan fingerprint density at radius 3 is 2.81 bits per heavy atom. The van der Waals surface area contributed by atoms with Crippen LogP contribution < -0.4 is 10.6 Å². The summed E-state index contributed by atoms with van der Waals surface area (Å²) in [5, 5.41) is 6.14. The van der Waals surface area contributed by atoms with E-state index in [2.05, 4.69) is 10.6 Å². The minimum Gasteiger partial charge on any atom is -0.383 e. The average molecular weight is 298 g/mol. The third-order valence-electron chi connectivity index (χ3n) is 4.04. The molecule has 0 radical (unpaired) electrons. The summed E-state index contributed by atoms with van der Waals surface area (Å²) >= 11 is 0. The molecule has 0 saturated carbocycles. The number of nitrogens with zero attached hydrogens (tertiary/aromatic N) is 2. The van der Waals surface area contributed by atoms with Gasteiger partial charge in [-0.15, -0.1) is 0 Å². The monoisotopic (exact) mass is 298 g/mol. The van der Waals surface area contributed by atoms with Crippen LogP contribution >= 0.6 is 0 Å². The average Bonchev–Trinajstić information content (AvgIpc) is 2.81. The number of carbonyl (C=O) groups is 2. The lowest BCUT2D eigenvalue weighted by atomic mass is 10.1. The molecule has 21 heavy (non-hydrogen) atoms. The van der Waals surface area contributed by atoms with Crippen LogP contribution in [0, 0.1) is 0 Å². The van der Waals surface area contributed by atoms with Gasteiger partial charge in [0.25, 0.3) is 0 Å². The molecule has 0 aromatic heterocycles. The zero-order chi connectivity index (χ0) is 15.2. The fourth-order valence-electron chi connectivity index (χ4n) is 2.99. The zero-order valence-corrected chi connectivity index (χ0v) is 12.9. The quantitative estimate of drug-likeness (QED) is 0.701. The van der Waals surface area contributed by atoms with E-state index in [4.69, 9.17) is 4.74 Å². The zero-order valence-electron chi connectivity index (χ0n) is 12.9. The SMILES string of the molecule is COCC(C)NC(=O)CN1CCN(C2CCNCC2)C1=O. The van der Waals surface area contributed by atoms with Gasteiger partial charge in [-0.1, -0.05) is 0 Å². The standard InChI is InChI=1S/C14H26N4O3/c1-11(10-21-2)16-13(19)9-17-7-8-18(14(17)20)12-3-5-15-6-4-12/h11-12,15H,3-10H2,1-2H3,(H,16,19). The highest BCUT2D eigenvalue weighted by molar-refractivity contribution is 5.85. The fourth-order valence-corrected chi connectivity index (χ4v) is 2.99. The van der Waals surface area contributed by atoms with Gasteiger partial charge in [-0.25, -0.2) is 4.79 Å². The molecule has 2 saturated heterocycles. The van der Waals surface area contributed by atoms with Crippen molar-refractivity contribution in [2.75, 3.05) is 46.4 Å². The third kappa shape index (κ3) is 4.31. The maximum absolute atomic E-state index is 12.4. The highest BCUT2D eigenvalue weighted by atomic mass is 16.5. The second-order valence-electron chi connectivity index (χ2n) is 5.80. The molecule has 2 rings (SSSR count). The molecule has 7 nitrogen and oxygen atoms in total. The minimum atomic E-state index is -0.125. The number of carbonyl (C=O) groups excluding carboxylic acids is 2. The highest BCUT2D eigenvalue weighted by Gasteiger charge is 2.34. The van der Waals surface area contributed by atoms with Crippen molar-refractivity contribution in [1.82, 2.24) is 20.4 Å². The predicted octanol–water partition coefficient (Wildman–Crippen LogP) is -0.373. The Bertz CT molecular complexity index is 371. The molecular weight excluding hydrogens is 272 g/mol. The van der Waals surface area contributed by atoms with Gasteiger partial charge in [0.05, 0.1) is 6.61 Å². The van der Waals surface area contributed by atoms with Gasteiger partial charge >= 0.3 is 6.03 Å². The van der Waals surface area contributed by atoms with Gasteiger partial charge in [-0.2, -0.15) is 0 Å². The lowest BCUT2D eigenvalue weighted by Crippen LogP contribution is -2.47. The number of ether oxygens (including phenoxy) is 1. The summed E-state index contributed by atoms with van der Waals surface area (Å²) in [6.07, 6.45) is 1.99. The molecule has 0 bridgehead atoms. The van der Waals surface area contributed by atoms with Crippen LogP contribution in [-0.2, 0) is 9.53 Å². The first-order valence-electron chi connectivity index (χ1n) is 7.66. The van der Waals surface area contributed by atoms with Gasteiger partial charge in [-0.05, 0) is 32.9 Å². The van der Waals surface area contributed by atoms with Gasteiger partial charge in [0, 0.05) is 32.3 Å². The van der Waals surface area contributed by atoms with Crippen molar-refractivity contribution in [1.29, 1.82) is 0 Å². The second kappa shape index (κ2) is 7.61. The van der Waals surface area contributed by atoms with Crippen molar-refractivity contribution < 1.29 is 14.3 Å². The molecule has 7 heteroatoms. The van der Waals surface area contributed by atoms with E-state index in [1.807, 2.05) is 11.8 Å². The smallest absolute Gasteiger partial charge is 0.320 e. The van der Waals surface area contributed by atoms with E-state index >= 15 is 0 Å². The van der Waals surface area contributed by atoms with Crippen LogP contribution in [0.2, 0.25) is 0 Å². The Morgan fingerprint density at radius 2 is 2.14 bits per heavy atom. The van der Waals surface area contributed by atoms with Crippen LogP contribution in [0.25, 0.3) is 0 Å². The van der Waals surface area contributed by atoms with Crippen molar-refractivity contribution in [3.63, 3.8) is 0 Å². The molecule has 0 aromatic carbocycles. The molecule has 2 heterocycles. The number of hydrogen-bond donors (Lipinski definition) is 2. The number of nitrogens with one attached hydrogen (secondary N) is 2. The number of rotatable bonds is 6. The van der Waals surface area contributed by atoms with Crippen LogP contribution in [-0.4, -0.2) is 80.3 Å². The van der Waals surface area contributed by atoms with E-state index in [9.17, 15) is 9.59 Å². The molecule has 0 aromatic rings. The maximum Gasteiger partial charge on any atom is 0.320 e. The van der Waals surface area contributed by atoms with Crippen molar-refractivity contribution in [2.24, 2.45) is 0 Å². The molecule has 120 valence electrons. The van der Waals surface area contributed by atoms with Crippen LogP contribution in [0.5, 0.6) is 0 Å². The molecular formula is C14H26N4O3. The van der Waals surface area contributed by atoms with E-state index < -0.39 is 0 Å². The first kappa shape index (κ1) is 16.0. The van der Waals surface area contributed by atoms with Gasteiger partial charge < -0.3 is 25.2 Å². The second-order valence-corrected chi connectivity index (χ2v) is 5.80. The van der Waals surface area contributed by atoms with Gasteiger partial charge in [-0.3, -0.25) is 4.79 Å². The van der Waals surface area contributed by atoms with E-state index in [1.165, 1.54) is 0 Å². The van der Waals surface area contributed by atoms with Crippen molar-refractivity contribution in [3.8, 4) is 0 Å². The summed E-state index contributed by atoms with van der Waals surface area (Å²) in [7, 11) is 1.60. The Kier molecular flexibility index (Phi) is 5.81. The van der Waals surface area contributed by atoms with Gasteiger partial charge in [0.1, 0.15) is 6.54 Å². The number of amides is 3. The molecule has 2 aliphatic heterocycles. The molecule has 2 N–H and O–H groups in total. The summed E-state index contributed by atoms with van der Waals surface area (Å²) in [5.74, 6) is -0.125. The van der Waals surface area contributed by atoms with Crippen LogP contribution in [0.3, 0.4) is 0 Å². The van der Waals surface area contributed by atoms with Gasteiger partial charge in [0.2, 0.25) is 5.91 Å². The molecule has 2 aliphatic rings. The molecule has 0 aliphatic carbocycles. The normalized spacial score (nSPS) is 21.7. The molecule has 3 amide bonds. The Balaban J connectivity index is 1.79.